The lowest BCUT2D eigenvalue weighted by molar-refractivity contribution is 0.0450. The number of carbonyl (C=O) groups is 1. The normalized spacial score (nSPS) is 14.1. The molecule has 0 aliphatic carbocycles. The van der Waals surface area contributed by atoms with Crippen molar-refractivity contribution in [2.75, 3.05) is 44.3 Å². The molecule has 0 aromatic heterocycles. The van der Waals surface area contributed by atoms with Crippen molar-refractivity contribution in [3.63, 3.8) is 0 Å². The summed E-state index contributed by atoms with van der Waals surface area (Å²) in [5, 5.41) is 0. The van der Waals surface area contributed by atoms with Crippen LogP contribution in [0.15, 0.2) is 47.4 Å². The zero-order valence-corrected chi connectivity index (χ0v) is 19.9. The Kier molecular flexibility index (Phi) is 8.15. The van der Waals surface area contributed by atoms with E-state index < -0.39 is 16.0 Å². The quantitative estimate of drug-likeness (QED) is 0.396. The molecule has 2 aromatic rings. The maximum Gasteiger partial charge on any atom is 0.340 e. The van der Waals surface area contributed by atoms with Crippen molar-refractivity contribution >= 4 is 21.7 Å². The lowest BCUT2D eigenvalue weighted by Crippen LogP contribution is -2.31. The third-order valence-electron chi connectivity index (χ3n) is 5.65. The second-order valence-electron chi connectivity index (χ2n) is 7.71. The summed E-state index contributed by atoms with van der Waals surface area (Å²) in [6.07, 6.45) is 2.08. The van der Waals surface area contributed by atoms with Crippen LogP contribution in [-0.4, -0.2) is 58.1 Å². The predicted octanol–water partition coefficient (Wildman–Crippen LogP) is 3.86. The minimum absolute atomic E-state index is 0.0691. The number of rotatable bonds is 10. The number of sulfonamides is 1. The number of anilines is 1. The summed E-state index contributed by atoms with van der Waals surface area (Å²) >= 11 is 0. The van der Waals surface area contributed by atoms with E-state index >= 15 is 0 Å². The number of hydrogen-bond donors (Lipinski definition) is 0. The van der Waals surface area contributed by atoms with Crippen LogP contribution in [0.25, 0.3) is 0 Å². The van der Waals surface area contributed by atoms with Gasteiger partial charge in [-0.25, -0.2) is 13.2 Å². The maximum absolute atomic E-state index is 13.0. The molecule has 1 aliphatic rings. The lowest BCUT2D eigenvalue weighted by atomic mass is 10.1. The third kappa shape index (κ3) is 5.42. The monoisotopic (exact) mass is 460 g/mol. The van der Waals surface area contributed by atoms with Gasteiger partial charge in [0, 0.05) is 26.2 Å². The van der Waals surface area contributed by atoms with Gasteiger partial charge in [0.25, 0.3) is 0 Å². The van der Waals surface area contributed by atoms with E-state index in [1.807, 2.05) is 31.2 Å². The van der Waals surface area contributed by atoms with Gasteiger partial charge < -0.3 is 14.4 Å². The standard InChI is InChI=1S/C24H32N2O5S/c1-4-26(5-2)32(28,29)20-12-13-22(25-14-8-9-15-25)21(18-20)24(27)31-17-16-30-23-11-7-6-10-19(23)3/h6-7,10-13,18H,4-5,8-9,14-17H2,1-3H3. The van der Waals surface area contributed by atoms with E-state index in [-0.39, 0.29) is 23.7 Å². The van der Waals surface area contributed by atoms with Gasteiger partial charge in [0.1, 0.15) is 19.0 Å². The molecule has 0 N–H and O–H groups in total. The van der Waals surface area contributed by atoms with Crippen LogP contribution in [0.5, 0.6) is 5.75 Å². The summed E-state index contributed by atoms with van der Waals surface area (Å²) in [4.78, 5) is 15.2. The van der Waals surface area contributed by atoms with Crippen LogP contribution in [0.1, 0.15) is 42.6 Å². The molecule has 0 radical (unpaired) electrons. The van der Waals surface area contributed by atoms with Crippen molar-refractivity contribution in [1.82, 2.24) is 4.31 Å². The highest BCUT2D eigenvalue weighted by molar-refractivity contribution is 7.89. The number of ether oxygens (including phenoxy) is 2. The van der Waals surface area contributed by atoms with E-state index in [4.69, 9.17) is 9.47 Å². The molecular formula is C24H32N2O5S. The third-order valence-corrected chi connectivity index (χ3v) is 7.69. The summed E-state index contributed by atoms with van der Waals surface area (Å²) in [6, 6.07) is 12.4. The van der Waals surface area contributed by atoms with Gasteiger partial charge in [0.2, 0.25) is 10.0 Å². The number of nitrogens with zero attached hydrogens (tertiary/aromatic N) is 2. The van der Waals surface area contributed by atoms with Crippen molar-refractivity contribution in [2.24, 2.45) is 0 Å². The van der Waals surface area contributed by atoms with Crippen LogP contribution in [0.2, 0.25) is 0 Å². The summed E-state index contributed by atoms with van der Waals surface area (Å²) in [6.45, 7) is 8.22. The molecule has 1 saturated heterocycles. The average Bonchev–Trinajstić information content (AvgIpc) is 3.32. The van der Waals surface area contributed by atoms with Gasteiger partial charge in [-0.3, -0.25) is 0 Å². The fourth-order valence-corrected chi connectivity index (χ4v) is 5.35. The fraction of sp³-hybridized carbons (Fsp3) is 0.458. The first-order chi connectivity index (χ1) is 15.4. The van der Waals surface area contributed by atoms with E-state index in [1.54, 1.807) is 26.0 Å². The van der Waals surface area contributed by atoms with Crippen molar-refractivity contribution in [3.8, 4) is 5.75 Å². The molecule has 0 spiro atoms. The molecule has 1 aliphatic heterocycles. The van der Waals surface area contributed by atoms with Crippen molar-refractivity contribution in [2.45, 2.75) is 38.5 Å². The van der Waals surface area contributed by atoms with Crippen molar-refractivity contribution in [3.05, 3.63) is 53.6 Å². The number of aryl methyl sites for hydroxylation is 1. The molecular weight excluding hydrogens is 428 g/mol. The molecule has 32 heavy (non-hydrogen) atoms. The molecule has 8 heteroatoms. The number of benzene rings is 2. The summed E-state index contributed by atoms with van der Waals surface area (Å²) in [5.74, 6) is 0.200. The van der Waals surface area contributed by atoms with E-state index in [2.05, 4.69) is 4.90 Å². The maximum atomic E-state index is 13.0. The number of para-hydroxylation sites is 1. The molecule has 174 valence electrons. The largest absolute Gasteiger partial charge is 0.490 e. The molecule has 0 bridgehead atoms. The highest BCUT2D eigenvalue weighted by Gasteiger charge is 2.27. The lowest BCUT2D eigenvalue weighted by Gasteiger charge is -2.23. The summed E-state index contributed by atoms with van der Waals surface area (Å²) in [5.41, 5.74) is 1.99. The summed E-state index contributed by atoms with van der Waals surface area (Å²) in [7, 11) is -3.68. The Hall–Kier alpha value is -2.58. The van der Waals surface area contributed by atoms with Crippen LogP contribution < -0.4 is 9.64 Å². The molecule has 1 fully saturated rings. The smallest absolute Gasteiger partial charge is 0.340 e. The predicted molar refractivity (Wildman–Crippen MR) is 125 cm³/mol. The minimum Gasteiger partial charge on any atom is -0.490 e. The van der Waals surface area contributed by atoms with E-state index in [0.29, 0.717) is 18.8 Å². The Morgan fingerprint density at radius 2 is 1.72 bits per heavy atom. The van der Waals surface area contributed by atoms with Gasteiger partial charge in [-0.15, -0.1) is 0 Å². The number of carbonyl (C=O) groups excluding carboxylic acids is 1. The first-order valence-corrected chi connectivity index (χ1v) is 12.6. The molecule has 0 atom stereocenters. The van der Waals surface area contributed by atoms with Gasteiger partial charge in [-0.2, -0.15) is 4.31 Å². The first kappa shape index (κ1) is 24.1. The molecule has 0 amide bonds. The van der Waals surface area contributed by atoms with Crippen LogP contribution in [0.4, 0.5) is 5.69 Å². The van der Waals surface area contributed by atoms with Gasteiger partial charge in [-0.1, -0.05) is 32.0 Å². The van der Waals surface area contributed by atoms with Gasteiger partial charge >= 0.3 is 5.97 Å². The zero-order valence-electron chi connectivity index (χ0n) is 19.0. The molecule has 3 rings (SSSR count). The van der Waals surface area contributed by atoms with Crippen LogP contribution >= 0.6 is 0 Å². The summed E-state index contributed by atoms with van der Waals surface area (Å²) < 4.78 is 38.5. The van der Waals surface area contributed by atoms with Crippen molar-refractivity contribution in [1.29, 1.82) is 0 Å². The Morgan fingerprint density at radius 1 is 1.03 bits per heavy atom. The number of hydrogen-bond acceptors (Lipinski definition) is 6. The molecule has 0 saturated carbocycles. The molecule has 1 heterocycles. The fourth-order valence-electron chi connectivity index (χ4n) is 3.87. The van der Waals surface area contributed by atoms with Crippen LogP contribution in [0.3, 0.4) is 0 Å². The second-order valence-corrected chi connectivity index (χ2v) is 9.65. The Balaban J connectivity index is 1.78. The Morgan fingerprint density at radius 3 is 2.38 bits per heavy atom. The molecule has 2 aromatic carbocycles. The topological polar surface area (TPSA) is 76.2 Å². The van der Waals surface area contributed by atoms with Crippen molar-refractivity contribution < 1.29 is 22.7 Å². The van der Waals surface area contributed by atoms with Gasteiger partial charge in [0.05, 0.1) is 16.1 Å². The second kappa shape index (κ2) is 10.8. The molecule has 7 nitrogen and oxygen atoms in total. The Bertz CT molecular complexity index is 1030. The zero-order chi connectivity index (χ0) is 23.1. The van der Waals surface area contributed by atoms with E-state index in [0.717, 1.165) is 37.2 Å². The van der Waals surface area contributed by atoms with E-state index in [9.17, 15) is 13.2 Å². The van der Waals surface area contributed by atoms with E-state index in [1.165, 1.54) is 10.4 Å². The molecule has 0 unspecified atom stereocenters. The van der Waals surface area contributed by atoms with Gasteiger partial charge in [-0.05, 0) is 49.6 Å². The highest BCUT2D eigenvalue weighted by atomic mass is 32.2. The minimum atomic E-state index is -3.68. The Labute approximate surface area is 191 Å². The van der Waals surface area contributed by atoms with Crippen LogP contribution in [-0.2, 0) is 14.8 Å². The average molecular weight is 461 g/mol. The first-order valence-electron chi connectivity index (χ1n) is 11.1. The highest BCUT2D eigenvalue weighted by Crippen LogP contribution is 2.29. The number of esters is 1. The SMILES string of the molecule is CCN(CC)S(=O)(=O)c1ccc(N2CCCC2)c(C(=O)OCCOc2ccccc2C)c1. The van der Waals surface area contributed by atoms with Crippen LogP contribution in [0, 0.1) is 6.92 Å². The van der Waals surface area contributed by atoms with Gasteiger partial charge in [0.15, 0.2) is 0 Å².